The lowest BCUT2D eigenvalue weighted by atomic mass is 10.0. The first-order valence-corrected chi connectivity index (χ1v) is 8.91. The molecule has 3 rings (SSSR count). The minimum Gasteiger partial charge on any atom is -0.467 e. The molecule has 7 heteroatoms. The van der Waals surface area contributed by atoms with E-state index >= 15 is 0 Å². The van der Waals surface area contributed by atoms with Crippen LogP contribution < -0.4 is 10.6 Å². The molecule has 0 spiro atoms. The highest BCUT2D eigenvalue weighted by molar-refractivity contribution is 6.36. The molecule has 0 aliphatic heterocycles. The first kappa shape index (κ1) is 19.0. The number of furan rings is 1. The van der Waals surface area contributed by atoms with E-state index < -0.39 is 11.9 Å². The van der Waals surface area contributed by atoms with Gasteiger partial charge in [-0.15, -0.1) is 0 Å². The van der Waals surface area contributed by atoms with Gasteiger partial charge in [0.1, 0.15) is 11.8 Å². The van der Waals surface area contributed by atoms with Gasteiger partial charge in [-0.3, -0.25) is 9.59 Å². The molecule has 0 aliphatic carbocycles. The number of hydrogen-bond acceptors (Lipinski definition) is 3. The number of amides is 2. The van der Waals surface area contributed by atoms with Crippen molar-refractivity contribution in [2.45, 2.75) is 6.04 Å². The van der Waals surface area contributed by atoms with Crippen molar-refractivity contribution in [3.05, 3.63) is 93.9 Å². The molecule has 2 amide bonds. The monoisotopic (exact) mass is 402 g/mol. The van der Waals surface area contributed by atoms with Gasteiger partial charge < -0.3 is 15.1 Å². The summed E-state index contributed by atoms with van der Waals surface area (Å²) in [5.41, 5.74) is 1.12. The topological polar surface area (TPSA) is 71.3 Å². The van der Waals surface area contributed by atoms with Gasteiger partial charge in [0.15, 0.2) is 0 Å². The predicted octanol–water partition coefficient (Wildman–Crippen LogP) is 4.22. The zero-order valence-corrected chi connectivity index (χ0v) is 15.6. The molecule has 1 aromatic heterocycles. The molecule has 0 fully saturated rings. The van der Waals surface area contributed by atoms with Gasteiger partial charge in [-0.05, 0) is 35.9 Å². The Morgan fingerprint density at radius 2 is 1.78 bits per heavy atom. The number of hydrogen-bond donors (Lipinski definition) is 2. The quantitative estimate of drug-likeness (QED) is 0.648. The van der Waals surface area contributed by atoms with E-state index in [0.717, 1.165) is 5.56 Å². The van der Waals surface area contributed by atoms with Gasteiger partial charge >= 0.3 is 0 Å². The third kappa shape index (κ3) is 4.90. The fourth-order valence-corrected chi connectivity index (χ4v) is 3.06. The smallest absolute Gasteiger partial charge is 0.253 e. The Morgan fingerprint density at radius 3 is 2.44 bits per heavy atom. The van der Waals surface area contributed by atoms with Gasteiger partial charge in [0, 0.05) is 5.02 Å². The second-order valence-corrected chi connectivity index (χ2v) is 6.58. The molecule has 3 aromatic rings. The second kappa shape index (κ2) is 8.75. The number of benzene rings is 2. The van der Waals surface area contributed by atoms with Gasteiger partial charge in [0.2, 0.25) is 5.91 Å². The standard InChI is InChI=1S/C20H16Cl2N2O3/c21-14-8-9-15(16(22)11-14)20(26)23-12-18(25)24-19(17-7-4-10-27-17)13-5-2-1-3-6-13/h1-11,19H,12H2,(H,23,26)(H,24,25). The minimum absolute atomic E-state index is 0.207. The van der Waals surface area contributed by atoms with Crippen molar-refractivity contribution in [1.29, 1.82) is 0 Å². The second-order valence-electron chi connectivity index (χ2n) is 5.73. The molecule has 27 heavy (non-hydrogen) atoms. The van der Waals surface area contributed by atoms with Gasteiger partial charge in [-0.2, -0.15) is 0 Å². The van der Waals surface area contributed by atoms with Crippen LogP contribution in [0.5, 0.6) is 0 Å². The molecular formula is C20H16Cl2N2O3. The van der Waals surface area contributed by atoms with E-state index in [1.165, 1.54) is 12.1 Å². The number of halogens is 2. The Bertz CT molecular complexity index is 928. The van der Waals surface area contributed by atoms with Crippen LogP contribution in [0.25, 0.3) is 0 Å². The lowest BCUT2D eigenvalue weighted by Gasteiger charge is -2.17. The van der Waals surface area contributed by atoms with E-state index in [4.69, 9.17) is 27.6 Å². The highest BCUT2D eigenvalue weighted by Gasteiger charge is 2.20. The van der Waals surface area contributed by atoms with Gasteiger partial charge in [-0.1, -0.05) is 53.5 Å². The molecule has 0 saturated carbocycles. The van der Waals surface area contributed by atoms with E-state index in [9.17, 15) is 9.59 Å². The summed E-state index contributed by atoms with van der Waals surface area (Å²) < 4.78 is 5.44. The molecule has 1 heterocycles. The first-order chi connectivity index (χ1) is 13.0. The average molecular weight is 403 g/mol. The summed E-state index contributed by atoms with van der Waals surface area (Å²) in [4.78, 5) is 24.6. The van der Waals surface area contributed by atoms with Crippen molar-refractivity contribution in [3.63, 3.8) is 0 Å². The first-order valence-electron chi connectivity index (χ1n) is 8.15. The summed E-state index contributed by atoms with van der Waals surface area (Å²) in [5.74, 6) is -0.221. The molecule has 0 aliphatic rings. The minimum atomic E-state index is -0.457. The zero-order valence-electron chi connectivity index (χ0n) is 14.1. The lowest BCUT2D eigenvalue weighted by molar-refractivity contribution is -0.120. The maximum absolute atomic E-state index is 12.4. The van der Waals surface area contributed by atoms with Crippen molar-refractivity contribution in [1.82, 2.24) is 10.6 Å². The van der Waals surface area contributed by atoms with Crippen LogP contribution in [0.1, 0.15) is 27.7 Å². The van der Waals surface area contributed by atoms with Crippen molar-refractivity contribution in [2.75, 3.05) is 6.54 Å². The average Bonchev–Trinajstić information content (AvgIpc) is 3.19. The predicted molar refractivity (Wildman–Crippen MR) is 104 cm³/mol. The van der Waals surface area contributed by atoms with E-state index in [1.807, 2.05) is 30.3 Å². The molecule has 0 saturated heterocycles. The van der Waals surface area contributed by atoms with E-state index in [-0.39, 0.29) is 23.0 Å². The van der Waals surface area contributed by atoms with Crippen LogP contribution >= 0.6 is 23.2 Å². The Morgan fingerprint density at radius 1 is 1.00 bits per heavy atom. The Kier molecular flexibility index (Phi) is 6.16. The Hall–Kier alpha value is -2.76. The maximum Gasteiger partial charge on any atom is 0.253 e. The number of rotatable bonds is 6. The number of nitrogens with one attached hydrogen (secondary N) is 2. The van der Waals surface area contributed by atoms with E-state index in [1.54, 1.807) is 24.5 Å². The molecule has 138 valence electrons. The summed E-state index contributed by atoms with van der Waals surface area (Å²) >= 11 is 11.8. The highest BCUT2D eigenvalue weighted by Crippen LogP contribution is 2.22. The van der Waals surface area contributed by atoms with Crippen molar-refractivity contribution < 1.29 is 14.0 Å². The van der Waals surface area contributed by atoms with Gasteiger partial charge in [0.05, 0.1) is 23.4 Å². The van der Waals surface area contributed by atoms with Crippen LogP contribution in [0.2, 0.25) is 10.0 Å². The highest BCUT2D eigenvalue weighted by atomic mass is 35.5. The molecular weight excluding hydrogens is 387 g/mol. The van der Waals surface area contributed by atoms with E-state index in [2.05, 4.69) is 10.6 Å². The zero-order chi connectivity index (χ0) is 19.2. The SMILES string of the molecule is O=C(CNC(=O)c1ccc(Cl)cc1Cl)NC(c1ccccc1)c1ccco1. The number of carbonyl (C=O) groups excluding carboxylic acids is 2. The summed E-state index contributed by atoms with van der Waals surface area (Å²) in [6.45, 7) is -0.207. The van der Waals surface area contributed by atoms with Crippen molar-refractivity contribution in [3.8, 4) is 0 Å². The molecule has 0 radical (unpaired) electrons. The normalized spacial score (nSPS) is 11.6. The number of carbonyl (C=O) groups is 2. The molecule has 2 aromatic carbocycles. The summed E-state index contributed by atoms with van der Waals surface area (Å²) in [5, 5.41) is 6.07. The molecule has 1 atom stereocenters. The largest absolute Gasteiger partial charge is 0.467 e. The van der Waals surface area contributed by atoms with Crippen LogP contribution in [-0.4, -0.2) is 18.4 Å². The van der Waals surface area contributed by atoms with Crippen LogP contribution in [-0.2, 0) is 4.79 Å². The fourth-order valence-electron chi connectivity index (χ4n) is 2.56. The molecule has 5 nitrogen and oxygen atoms in total. The summed E-state index contributed by atoms with van der Waals surface area (Å²) in [6, 6.07) is 17.0. The van der Waals surface area contributed by atoms with E-state index in [0.29, 0.717) is 10.8 Å². The van der Waals surface area contributed by atoms with Crippen LogP contribution in [0.3, 0.4) is 0 Å². The van der Waals surface area contributed by atoms with Crippen LogP contribution in [0.15, 0.2) is 71.3 Å². The molecule has 1 unspecified atom stereocenters. The van der Waals surface area contributed by atoms with Crippen molar-refractivity contribution in [2.24, 2.45) is 0 Å². The molecule has 2 N–H and O–H groups in total. The summed E-state index contributed by atoms with van der Waals surface area (Å²) in [7, 11) is 0. The maximum atomic E-state index is 12.4. The fraction of sp³-hybridized carbons (Fsp3) is 0.100. The lowest BCUT2D eigenvalue weighted by Crippen LogP contribution is -2.39. The Labute approximate surface area is 166 Å². The third-order valence-corrected chi connectivity index (χ3v) is 4.40. The van der Waals surface area contributed by atoms with Gasteiger partial charge in [-0.25, -0.2) is 0 Å². The van der Waals surface area contributed by atoms with Crippen LogP contribution in [0.4, 0.5) is 0 Å². The molecule has 0 bridgehead atoms. The summed E-state index contributed by atoms with van der Waals surface area (Å²) in [6.07, 6.45) is 1.54. The Balaban J connectivity index is 1.65. The van der Waals surface area contributed by atoms with Gasteiger partial charge in [0.25, 0.3) is 5.91 Å². The van der Waals surface area contributed by atoms with Crippen molar-refractivity contribution >= 4 is 35.0 Å². The van der Waals surface area contributed by atoms with Crippen LogP contribution in [0, 0.1) is 0 Å². The third-order valence-electron chi connectivity index (χ3n) is 3.85.